The number of aliphatic hydroxyl groups excluding tert-OH is 1. The van der Waals surface area contributed by atoms with E-state index in [1.165, 1.54) is 71.3 Å². The first-order valence-electron chi connectivity index (χ1n) is 42.3. The third kappa shape index (κ3) is 27.9. The molecule has 129 heavy (non-hydrogen) atoms. The number of benzene rings is 4. The van der Waals surface area contributed by atoms with Crippen molar-refractivity contribution in [3.8, 4) is 11.5 Å². The summed E-state index contributed by atoms with van der Waals surface area (Å²) < 4.78 is 28.4. The summed E-state index contributed by atoms with van der Waals surface area (Å²) in [6, 6.07) is 10.5. The second-order valence-electron chi connectivity index (χ2n) is 33.1. The lowest BCUT2D eigenvalue weighted by Gasteiger charge is -2.42. The summed E-state index contributed by atoms with van der Waals surface area (Å²) >= 11 is 6.91. The number of esters is 1. The van der Waals surface area contributed by atoms with Crippen molar-refractivity contribution < 1.29 is 101 Å². The Bertz CT molecular complexity index is 4900. The quantitative estimate of drug-likeness (QED) is 0.0136. The van der Waals surface area contributed by atoms with E-state index in [9.17, 15) is 58.5 Å². The number of epoxide rings is 1. The van der Waals surface area contributed by atoms with Crippen LogP contribution in [0.3, 0.4) is 0 Å². The zero-order valence-electron chi connectivity index (χ0n) is 74.0. The number of primary amides is 1. The van der Waals surface area contributed by atoms with Crippen LogP contribution in [0.4, 0.5) is 15.3 Å². The normalized spacial score (nSPS) is 25.7. The first-order valence-corrected chi connectivity index (χ1v) is 47.5. The van der Waals surface area contributed by atoms with Crippen molar-refractivity contribution in [3.63, 3.8) is 0 Å². The number of amides is 13. The number of nitrogens with zero attached hydrogens (tertiary/aromatic N) is 2. The SMILES string of the molecule is CCNC(=O)N[C@H](Cc1ccccc1)C(=O)N[C@H]1CSSC[C@@H](C(=O)N[C@H](C(N)=O)C(C)(C)SSCCC(=O)N(C)[C@@H](C)C(=O)O[C@H]2CC(=O)N(C)c3cc(cc(OC)c3Cl)C/C(C)=C/C=C/[C@@H](OC)[C@@]3(O)C[C@H](OC(=O)N3)[C@@H](C)[C@@H]3O[C@@]23C)NC(=O)[C@H]([C@@H](C)O)NC(=O)[C@H](CCCCN)NC(=O)[C@@H](Cc2c[nH]c3ccccc23)NC(=O)[C@H](Cc2ccc(O)cc2)NC1=O. The van der Waals surface area contributed by atoms with E-state index < -0.39 is 196 Å². The number of methoxy groups -OCH3 is 2. The minimum absolute atomic E-state index is 0.0296. The van der Waals surface area contributed by atoms with Gasteiger partial charge in [0.1, 0.15) is 94.8 Å². The van der Waals surface area contributed by atoms with Crippen molar-refractivity contribution in [1.82, 2.24) is 63.1 Å². The third-order valence-electron chi connectivity index (χ3n) is 22.9. The molecule has 17 atom stereocenters. The fourth-order valence-electron chi connectivity index (χ4n) is 15.2. The zero-order valence-corrected chi connectivity index (χ0v) is 78.0. The maximum atomic E-state index is 15.3. The van der Waals surface area contributed by atoms with Crippen LogP contribution in [0.15, 0.2) is 121 Å². The number of halogens is 1. The number of aromatic hydroxyl groups is 1. The largest absolute Gasteiger partial charge is 0.508 e. The molecule has 3 saturated heterocycles. The summed E-state index contributed by atoms with van der Waals surface area (Å²) in [5, 5.41) is 61.4. The Kier molecular flexibility index (Phi) is 37.3. The number of nitrogens with two attached hydrogens (primary N) is 2. The van der Waals surface area contributed by atoms with E-state index in [1.807, 2.05) is 13.0 Å². The molecular weight excluding hydrogens is 1770 g/mol. The van der Waals surface area contributed by atoms with Crippen molar-refractivity contribution in [2.75, 3.05) is 63.6 Å². The Labute approximate surface area is 769 Å². The van der Waals surface area contributed by atoms with E-state index in [1.54, 1.807) is 120 Å². The number of phenolic OH excluding ortho intramolecular Hbond substituents is 1. The van der Waals surface area contributed by atoms with Crippen LogP contribution in [0.2, 0.25) is 5.02 Å². The second-order valence-corrected chi connectivity index (χ2v) is 39.1. The molecule has 4 aromatic carbocycles. The Hall–Kier alpha value is -10.3. The molecule has 702 valence electrons. The van der Waals surface area contributed by atoms with E-state index in [4.69, 9.17) is 46.8 Å². The maximum Gasteiger partial charge on any atom is 0.409 e. The summed E-state index contributed by atoms with van der Waals surface area (Å²) in [5.41, 5.74) is 12.8. The summed E-state index contributed by atoms with van der Waals surface area (Å²) in [5.74, 6) is -11.1. The molecule has 18 N–H and O–H groups in total. The van der Waals surface area contributed by atoms with E-state index in [0.29, 0.717) is 46.0 Å². The minimum Gasteiger partial charge on any atom is -0.508 e. The van der Waals surface area contributed by atoms with Gasteiger partial charge in [0.2, 0.25) is 59.1 Å². The molecule has 3 fully saturated rings. The fraction of sp³-hybridized carbons (Fsp3) is 0.511. The summed E-state index contributed by atoms with van der Waals surface area (Å²) in [6.07, 6.45) is -0.676. The number of hydrogen-bond donors (Lipinski definition) is 16. The highest BCUT2D eigenvalue weighted by atomic mass is 35.5. The van der Waals surface area contributed by atoms with E-state index >= 15 is 19.2 Å². The van der Waals surface area contributed by atoms with Crippen LogP contribution in [-0.2, 0) is 97.4 Å². The van der Waals surface area contributed by atoms with Crippen LogP contribution < -0.4 is 74.3 Å². The number of unbranched alkanes of at least 4 members (excludes halogenated alkanes) is 1. The number of alkyl carbamates (subject to hydrolysis) is 1. The van der Waals surface area contributed by atoms with Crippen molar-refractivity contribution in [3.05, 3.63) is 148 Å². The number of allylic oxidation sites excluding steroid dienone is 3. The molecular formula is C88H118ClN15O21S4. The highest BCUT2D eigenvalue weighted by Crippen LogP contribution is 2.50. The molecule has 9 rings (SSSR count). The van der Waals surface area contributed by atoms with Gasteiger partial charge in [-0.05, 0) is 133 Å². The number of nitrogens with one attached hydrogen (secondary N) is 11. The predicted molar refractivity (Wildman–Crippen MR) is 492 cm³/mol. The smallest absolute Gasteiger partial charge is 0.409 e. The fourth-order valence-corrected chi connectivity index (χ4v) is 20.5. The number of anilines is 1. The lowest BCUT2D eigenvalue weighted by molar-refractivity contribution is -0.162. The van der Waals surface area contributed by atoms with Gasteiger partial charge in [0, 0.05) is 105 Å². The number of phenols is 1. The number of carbonyl (C=O) groups excluding carboxylic acids is 13. The van der Waals surface area contributed by atoms with Gasteiger partial charge in [-0.15, -0.1) is 0 Å². The number of H-pyrrole nitrogens is 1. The predicted octanol–water partition coefficient (Wildman–Crippen LogP) is 4.45. The van der Waals surface area contributed by atoms with E-state index in [-0.39, 0.29) is 91.8 Å². The van der Waals surface area contributed by atoms with Crippen molar-refractivity contribution >= 4 is 149 Å². The number of ether oxygens (including phenoxy) is 5. The third-order valence-corrected chi connectivity index (χ3v) is 29.0. The average molecular weight is 1890 g/mol. The van der Waals surface area contributed by atoms with Gasteiger partial charge < -0.3 is 113 Å². The number of carbonyl (C=O) groups is 13. The number of urea groups is 1. The zero-order chi connectivity index (χ0) is 94.4. The molecule has 41 heteroatoms. The summed E-state index contributed by atoms with van der Waals surface area (Å²) in [7, 11) is 9.65. The van der Waals surface area contributed by atoms with Crippen LogP contribution in [0.5, 0.6) is 11.5 Å². The first kappa shape index (κ1) is 102. The van der Waals surface area contributed by atoms with E-state index in [0.717, 1.165) is 53.6 Å². The number of aliphatic hydroxyl groups is 2. The van der Waals surface area contributed by atoms with Crippen LogP contribution >= 0.6 is 54.8 Å². The van der Waals surface area contributed by atoms with Gasteiger partial charge in [-0.1, -0.05) is 146 Å². The maximum absolute atomic E-state index is 15.3. The molecule has 4 aliphatic heterocycles. The molecule has 0 radical (unpaired) electrons. The van der Waals surface area contributed by atoms with Crippen molar-refractivity contribution in [2.24, 2.45) is 17.4 Å². The molecule has 36 nitrogen and oxygen atoms in total. The van der Waals surface area contributed by atoms with E-state index in [2.05, 4.69) is 58.2 Å². The van der Waals surface area contributed by atoms with Crippen LogP contribution in [0.1, 0.15) is 116 Å². The Morgan fingerprint density at radius 1 is 0.845 bits per heavy atom. The monoisotopic (exact) mass is 1880 g/mol. The van der Waals surface area contributed by atoms with Gasteiger partial charge in [-0.2, -0.15) is 0 Å². The van der Waals surface area contributed by atoms with Gasteiger partial charge in [-0.3, -0.25) is 53.3 Å². The molecule has 0 unspecified atom stereocenters. The lowest BCUT2D eigenvalue weighted by atomic mass is 9.83. The van der Waals surface area contributed by atoms with Gasteiger partial charge in [0.05, 0.1) is 31.4 Å². The minimum atomic E-state index is -1.96. The highest BCUT2D eigenvalue weighted by molar-refractivity contribution is 8.77. The van der Waals surface area contributed by atoms with Gasteiger partial charge >= 0.3 is 18.1 Å². The highest BCUT2D eigenvalue weighted by Gasteiger charge is 2.65. The van der Waals surface area contributed by atoms with Gasteiger partial charge in [0.25, 0.3) is 0 Å². The Morgan fingerprint density at radius 3 is 2.19 bits per heavy atom. The summed E-state index contributed by atoms with van der Waals surface area (Å²) in [4.78, 5) is 195. The van der Waals surface area contributed by atoms with Gasteiger partial charge in [-0.25, -0.2) is 14.4 Å². The van der Waals surface area contributed by atoms with Crippen LogP contribution in [-0.4, -0.2) is 262 Å². The first-order chi connectivity index (χ1) is 61.2. The Balaban J connectivity index is 0.953. The topological polar surface area (TPSA) is 527 Å². The standard InChI is InChI=1S/C88H118ClN15O21S4/c1-13-92-84(118)99-60(37-51-23-15-14-16-24-51)78(112)97-62-45-127-128-46-63(98-82(116)72(50(5)105)100-76(110)58(27-19-20-34-90)94-79(113)61(41-54-44-93-57-26-18-17-25-56(54)57)96-77(111)59(95-80(62)114)38-52-29-31-55(106)32-30-52)81(115)101-73(75(91)109)86(6,7)129-126-35-33-69(107)103(9)49(4)83(117)124-68-42-70(108)104(10)64-39-53(40-65(121-11)71(64)89)36-47(2)22-21-28-67(122-12)88(120)43-66(123-85(119)102-88)48(3)74-87(68,8)125-74/h14-18,21-26,28-32,39-40,44,48-50,58-63,66-68,72-74,93,105-106,120H,13,19-20,27,33-38,41-43,45-46,90H2,1-12H3,(H2,91,109)(H,94,113)(H,95,114)(H,96,111)(H,97,112)(H,98,116)(H,100,110)(H,101,115)(H,102,119)(H2,92,99,118)/b28-21+,47-22+/t48-,49+,50-,58+,59+,60-,61-,62+,63+,66+,67-,68+,72+,73-,74+,87+,88+/m1/s1. The molecule has 0 spiro atoms. The Morgan fingerprint density at radius 2 is 1.51 bits per heavy atom. The second kappa shape index (κ2) is 47.0. The number of likely N-dealkylation sites (N-methyl/N-ethyl adjacent to an activating group) is 1. The van der Waals surface area contributed by atoms with Gasteiger partial charge in [0.15, 0.2) is 5.72 Å². The van der Waals surface area contributed by atoms with Crippen LogP contribution in [0, 0.1) is 5.92 Å². The number of hydrogen-bond acceptors (Lipinski definition) is 26. The number of aromatic amines is 1. The molecule has 0 aliphatic carbocycles. The van der Waals surface area contributed by atoms with Crippen molar-refractivity contribution in [1.29, 1.82) is 0 Å². The molecule has 5 aromatic rings. The number of para-hydroxylation sites is 1. The number of aromatic nitrogens is 1. The molecule has 0 saturated carbocycles. The van der Waals surface area contributed by atoms with Crippen molar-refractivity contribution in [2.45, 2.75) is 221 Å². The lowest BCUT2D eigenvalue weighted by Crippen LogP contribution is -2.63. The molecule has 4 bridgehead atoms. The molecule has 13 amide bonds. The number of fused-ring (bicyclic) bond motifs is 6. The molecule has 4 aliphatic rings. The summed E-state index contributed by atoms with van der Waals surface area (Å²) in [6.45, 7) is 13.0. The molecule has 5 heterocycles. The van der Waals surface area contributed by atoms with Crippen LogP contribution in [0.25, 0.3) is 10.9 Å². The number of rotatable bonds is 29. The molecule has 1 aromatic heterocycles. The average Bonchev–Trinajstić information content (AvgIpc) is 1.57.